The molecule has 1 aromatic heterocycles. The van der Waals surface area contributed by atoms with E-state index in [2.05, 4.69) is 29.0 Å². The fourth-order valence-corrected chi connectivity index (χ4v) is 2.71. The maximum Gasteiger partial charge on any atom is 0.177 e. The number of hydrogen-bond donors (Lipinski definition) is 1. The standard InChI is InChI=1S/C19H32N2O/c1-3-4-5-6-7-8-9-10-11-12-15-21-16-13-14-19(17-21)18(2)20-22/h13-14,16-17H,3-12,15H2,1-2H3/p+1/b20-18-. The lowest BCUT2D eigenvalue weighted by Crippen LogP contribution is -2.33. The van der Waals surface area contributed by atoms with Crippen molar-refractivity contribution in [2.45, 2.75) is 84.6 Å². The SMILES string of the molecule is CCCCCCCCCCCC[n+]1cccc(/C(C)=N\O)c1. The Morgan fingerprint density at radius 1 is 1.00 bits per heavy atom. The van der Waals surface area contributed by atoms with Gasteiger partial charge in [-0.05, 0) is 19.4 Å². The lowest BCUT2D eigenvalue weighted by molar-refractivity contribution is -0.697. The van der Waals surface area contributed by atoms with Crippen LogP contribution >= 0.6 is 0 Å². The minimum atomic E-state index is 0.664. The van der Waals surface area contributed by atoms with Crippen LogP contribution in [0.1, 0.15) is 83.6 Å². The maximum absolute atomic E-state index is 8.82. The average molecular weight is 305 g/mol. The Morgan fingerprint density at radius 3 is 2.18 bits per heavy atom. The molecular formula is C19H33N2O+. The summed E-state index contributed by atoms with van der Waals surface area (Å²) in [7, 11) is 0. The van der Waals surface area contributed by atoms with Crippen molar-refractivity contribution in [3.63, 3.8) is 0 Å². The van der Waals surface area contributed by atoms with Gasteiger partial charge in [-0.2, -0.15) is 0 Å². The number of aromatic nitrogens is 1. The molecular weight excluding hydrogens is 272 g/mol. The molecule has 0 spiro atoms. The fraction of sp³-hybridized carbons (Fsp3) is 0.684. The highest BCUT2D eigenvalue weighted by Gasteiger charge is 2.05. The van der Waals surface area contributed by atoms with Crippen molar-refractivity contribution in [3.05, 3.63) is 30.1 Å². The molecule has 1 aromatic rings. The Labute approximate surface area is 136 Å². The van der Waals surface area contributed by atoms with E-state index in [9.17, 15) is 0 Å². The maximum atomic E-state index is 8.82. The van der Waals surface area contributed by atoms with E-state index in [-0.39, 0.29) is 0 Å². The molecule has 3 nitrogen and oxygen atoms in total. The van der Waals surface area contributed by atoms with E-state index in [1.165, 1.54) is 64.2 Å². The van der Waals surface area contributed by atoms with E-state index in [4.69, 9.17) is 5.21 Å². The van der Waals surface area contributed by atoms with Crippen LogP contribution in [0.2, 0.25) is 0 Å². The Kier molecular flexibility index (Phi) is 10.3. The lowest BCUT2D eigenvalue weighted by Gasteiger charge is -2.02. The summed E-state index contributed by atoms with van der Waals surface area (Å²) in [5, 5.41) is 12.1. The molecule has 0 aromatic carbocycles. The summed E-state index contributed by atoms with van der Waals surface area (Å²) in [5.41, 5.74) is 1.65. The highest BCUT2D eigenvalue weighted by molar-refractivity contribution is 5.97. The van der Waals surface area contributed by atoms with Gasteiger partial charge in [-0.1, -0.05) is 63.4 Å². The van der Waals surface area contributed by atoms with Crippen LogP contribution in [0.4, 0.5) is 0 Å². The van der Waals surface area contributed by atoms with Gasteiger partial charge in [-0.3, -0.25) is 0 Å². The third-order valence-corrected chi connectivity index (χ3v) is 4.20. The first-order chi connectivity index (χ1) is 10.8. The quantitative estimate of drug-likeness (QED) is 0.188. The van der Waals surface area contributed by atoms with Gasteiger partial charge >= 0.3 is 0 Å². The number of nitrogens with zero attached hydrogens (tertiary/aromatic N) is 2. The second kappa shape index (κ2) is 12.2. The van der Waals surface area contributed by atoms with Gasteiger partial charge in [0.1, 0.15) is 6.54 Å². The van der Waals surface area contributed by atoms with Crippen molar-refractivity contribution in [3.8, 4) is 0 Å². The van der Waals surface area contributed by atoms with E-state index in [1.807, 2.05) is 19.1 Å². The van der Waals surface area contributed by atoms with Gasteiger partial charge < -0.3 is 5.21 Å². The third kappa shape index (κ3) is 8.16. The fourth-order valence-electron chi connectivity index (χ4n) is 2.71. The van der Waals surface area contributed by atoms with Gasteiger partial charge in [-0.25, -0.2) is 4.57 Å². The molecule has 124 valence electrons. The smallest absolute Gasteiger partial charge is 0.177 e. The van der Waals surface area contributed by atoms with Gasteiger partial charge in [0.05, 0.1) is 11.3 Å². The average Bonchev–Trinajstić information content (AvgIpc) is 2.56. The van der Waals surface area contributed by atoms with Crippen molar-refractivity contribution in [2.75, 3.05) is 0 Å². The van der Waals surface area contributed by atoms with Gasteiger partial charge in [0.2, 0.25) is 0 Å². The van der Waals surface area contributed by atoms with Crippen molar-refractivity contribution >= 4 is 5.71 Å². The minimum Gasteiger partial charge on any atom is -0.411 e. The van der Waals surface area contributed by atoms with E-state index in [1.54, 1.807) is 0 Å². The molecule has 0 aliphatic carbocycles. The van der Waals surface area contributed by atoms with Crippen LogP contribution in [0.15, 0.2) is 29.7 Å². The van der Waals surface area contributed by atoms with Gasteiger partial charge in [0.15, 0.2) is 12.4 Å². The first-order valence-corrected chi connectivity index (χ1v) is 8.96. The van der Waals surface area contributed by atoms with E-state index < -0.39 is 0 Å². The molecule has 0 fully saturated rings. The van der Waals surface area contributed by atoms with Gasteiger partial charge in [0, 0.05) is 12.5 Å². The second-order valence-electron chi connectivity index (χ2n) is 6.20. The van der Waals surface area contributed by atoms with Gasteiger partial charge in [0.25, 0.3) is 0 Å². The highest BCUT2D eigenvalue weighted by Crippen LogP contribution is 2.10. The van der Waals surface area contributed by atoms with E-state index in [0.29, 0.717) is 5.71 Å². The summed E-state index contributed by atoms with van der Waals surface area (Å²) in [6.45, 7) is 5.13. The largest absolute Gasteiger partial charge is 0.411 e. The Morgan fingerprint density at radius 2 is 1.59 bits per heavy atom. The van der Waals surface area contributed by atoms with Gasteiger partial charge in [-0.15, -0.1) is 0 Å². The summed E-state index contributed by atoms with van der Waals surface area (Å²) < 4.78 is 2.19. The zero-order valence-electron chi connectivity index (χ0n) is 14.4. The molecule has 22 heavy (non-hydrogen) atoms. The second-order valence-corrected chi connectivity index (χ2v) is 6.20. The van der Waals surface area contributed by atoms with Crippen molar-refractivity contribution in [1.29, 1.82) is 0 Å². The molecule has 0 saturated carbocycles. The van der Waals surface area contributed by atoms with Crippen LogP contribution in [-0.4, -0.2) is 10.9 Å². The Bertz CT molecular complexity index is 429. The summed E-state index contributed by atoms with van der Waals surface area (Å²) in [6.07, 6.45) is 17.8. The predicted octanol–water partition coefficient (Wildman–Crippen LogP) is 5.09. The zero-order valence-corrected chi connectivity index (χ0v) is 14.4. The number of hydrogen-bond acceptors (Lipinski definition) is 2. The van der Waals surface area contributed by atoms with Crippen LogP contribution in [0.3, 0.4) is 0 Å². The first-order valence-electron chi connectivity index (χ1n) is 8.96. The van der Waals surface area contributed by atoms with Crippen LogP contribution in [0, 0.1) is 0 Å². The van der Waals surface area contributed by atoms with E-state index >= 15 is 0 Å². The summed E-state index contributed by atoms with van der Waals surface area (Å²) in [6, 6.07) is 3.99. The van der Waals surface area contributed by atoms with Crippen LogP contribution < -0.4 is 4.57 Å². The normalized spacial score (nSPS) is 11.8. The number of unbranched alkanes of at least 4 members (excludes halogenated alkanes) is 9. The Balaban J connectivity index is 2.07. The number of pyridine rings is 1. The van der Waals surface area contributed by atoms with Crippen LogP contribution in [0.5, 0.6) is 0 Å². The molecule has 0 saturated heterocycles. The van der Waals surface area contributed by atoms with E-state index in [0.717, 1.165) is 12.1 Å². The molecule has 0 unspecified atom stereocenters. The molecule has 0 bridgehead atoms. The molecule has 0 aliphatic rings. The minimum absolute atomic E-state index is 0.664. The highest BCUT2D eigenvalue weighted by atomic mass is 16.4. The van der Waals surface area contributed by atoms with Crippen molar-refractivity contribution < 1.29 is 9.77 Å². The first kappa shape index (κ1) is 18.7. The molecule has 0 radical (unpaired) electrons. The summed E-state index contributed by atoms with van der Waals surface area (Å²) in [5.74, 6) is 0. The number of oxime groups is 1. The predicted molar refractivity (Wildman–Crippen MR) is 92.5 cm³/mol. The summed E-state index contributed by atoms with van der Waals surface area (Å²) in [4.78, 5) is 0. The van der Waals surface area contributed by atoms with Crippen molar-refractivity contribution in [1.82, 2.24) is 0 Å². The zero-order chi connectivity index (χ0) is 16.0. The molecule has 0 atom stereocenters. The Hall–Kier alpha value is -1.38. The summed E-state index contributed by atoms with van der Waals surface area (Å²) >= 11 is 0. The van der Waals surface area contributed by atoms with Crippen molar-refractivity contribution in [2.24, 2.45) is 5.16 Å². The molecule has 1 rings (SSSR count). The third-order valence-electron chi connectivity index (χ3n) is 4.20. The monoisotopic (exact) mass is 305 g/mol. The molecule has 1 heterocycles. The topological polar surface area (TPSA) is 36.5 Å². The molecule has 1 N–H and O–H groups in total. The number of rotatable bonds is 12. The van der Waals surface area contributed by atoms with Crippen LogP contribution in [-0.2, 0) is 6.54 Å². The molecule has 0 amide bonds. The van der Waals surface area contributed by atoms with Crippen LogP contribution in [0.25, 0.3) is 0 Å². The molecule has 0 aliphatic heterocycles. The lowest BCUT2D eigenvalue weighted by atomic mass is 10.1. The number of aryl methyl sites for hydroxylation is 1. The molecule has 3 heteroatoms.